The number of aromatic nitrogens is 1. The average Bonchev–Trinajstić information content (AvgIpc) is 3.15. The molecule has 0 saturated carbocycles. The summed E-state index contributed by atoms with van der Waals surface area (Å²) >= 11 is 3.00. The van der Waals surface area contributed by atoms with Gasteiger partial charge in [-0.05, 0) is 18.4 Å². The largest absolute Gasteiger partial charge is 0.388 e. The lowest BCUT2D eigenvalue weighted by Gasteiger charge is -2.31. The van der Waals surface area contributed by atoms with Gasteiger partial charge in [0.15, 0.2) is 0 Å². The van der Waals surface area contributed by atoms with Gasteiger partial charge in [-0.1, -0.05) is 6.07 Å². The van der Waals surface area contributed by atoms with Gasteiger partial charge in [0.05, 0.1) is 16.2 Å². The lowest BCUT2D eigenvalue weighted by molar-refractivity contribution is -0.0605. The summed E-state index contributed by atoms with van der Waals surface area (Å²) < 4.78 is 5.24. The SMILES string of the molecule is Cc1nc(-c2cccs2)sc1C(=O)NCC1(O)CCOCC1. The van der Waals surface area contributed by atoms with E-state index in [9.17, 15) is 9.90 Å². The number of nitrogens with zero attached hydrogens (tertiary/aromatic N) is 1. The molecule has 1 amide bonds. The number of aliphatic hydroxyl groups is 1. The highest BCUT2D eigenvalue weighted by atomic mass is 32.1. The van der Waals surface area contributed by atoms with Crippen molar-refractivity contribution < 1.29 is 14.6 Å². The Morgan fingerprint density at radius 2 is 2.27 bits per heavy atom. The summed E-state index contributed by atoms with van der Waals surface area (Å²) in [6, 6.07) is 3.96. The second kappa shape index (κ2) is 6.45. The van der Waals surface area contributed by atoms with Crippen molar-refractivity contribution in [3.8, 4) is 9.88 Å². The minimum atomic E-state index is -0.858. The third-order valence-electron chi connectivity index (χ3n) is 3.74. The zero-order valence-electron chi connectivity index (χ0n) is 12.3. The van der Waals surface area contributed by atoms with Gasteiger partial charge in [0.1, 0.15) is 9.88 Å². The second-order valence-corrected chi connectivity index (χ2v) is 7.38. The Balaban J connectivity index is 1.67. The van der Waals surface area contributed by atoms with Crippen LogP contribution in [0, 0.1) is 6.92 Å². The van der Waals surface area contributed by atoms with E-state index >= 15 is 0 Å². The molecule has 0 unspecified atom stereocenters. The topological polar surface area (TPSA) is 71.5 Å². The van der Waals surface area contributed by atoms with Crippen molar-refractivity contribution >= 4 is 28.6 Å². The molecule has 1 fully saturated rings. The first-order valence-corrected chi connectivity index (χ1v) is 8.87. The molecule has 3 rings (SSSR count). The van der Waals surface area contributed by atoms with E-state index in [2.05, 4.69) is 10.3 Å². The van der Waals surface area contributed by atoms with Crippen LogP contribution in [0.3, 0.4) is 0 Å². The number of aryl methyl sites for hydroxylation is 1. The number of thiophene rings is 1. The van der Waals surface area contributed by atoms with Crippen LogP contribution in [0.1, 0.15) is 28.2 Å². The second-order valence-electron chi connectivity index (χ2n) is 5.43. The molecular formula is C15H18N2O3S2. The van der Waals surface area contributed by atoms with Crippen molar-refractivity contribution in [3.63, 3.8) is 0 Å². The molecule has 1 aliphatic heterocycles. The van der Waals surface area contributed by atoms with E-state index in [0.29, 0.717) is 30.9 Å². The zero-order valence-corrected chi connectivity index (χ0v) is 13.9. The van der Waals surface area contributed by atoms with Crippen LogP contribution in [0.4, 0.5) is 0 Å². The highest BCUT2D eigenvalue weighted by Crippen LogP contribution is 2.31. The van der Waals surface area contributed by atoms with Gasteiger partial charge in [-0.2, -0.15) is 0 Å². The third kappa shape index (κ3) is 3.38. The van der Waals surface area contributed by atoms with Crippen LogP contribution < -0.4 is 5.32 Å². The quantitative estimate of drug-likeness (QED) is 0.898. The lowest BCUT2D eigenvalue weighted by atomic mass is 9.94. The molecule has 2 aromatic heterocycles. The van der Waals surface area contributed by atoms with E-state index < -0.39 is 5.60 Å². The molecule has 3 heterocycles. The van der Waals surface area contributed by atoms with Crippen molar-refractivity contribution in [2.75, 3.05) is 19.8 Å². The van der Waals surface area contributed by atoms with Gasteiger partial charge in [0.25, 0.3) is 5.91 Å². The molecule has 0 bridgehead atoms. The minimum absolute atomic E-state index is 0.169. The zero-order chi connectivity index (χ0) is 15.6. The van der Waals surface area contributed by atoms with Gasteiger partial charge in [0.2, 0.25) is 0 Å². The number of hydrogen-bond donors (Lipinski definition) is 2. The predicted octanol–water partition coefficient (Wildman–Crippen LogP) is 2.45. The Hall–Kier alpha value is -1.28. The normalized spacial score (nSPS) is 17.4. The first-order chi connectivity index (χ1) is 10.6. The maximum absolute atomic E-state index is 12.4. The summed E-state index contributed by atoms with van der Waals surface area (Å²) in [5, 5.41) is 16.1. The highest BCUT2D eigenvalue weighted by Gasteiger charge is 2.30. The summed E-state index contributed by atoms with van der Waals surface area (Å²) in [6.45, 7) is 3.16. The van der Waals surface area contributed by atoms with Crippen molar-refractivity contribution in [2.24, 2.45) is 0 Å². The van der Waals surface area contributed by atoms with Gasteiger partial charge in [-0.15, -0.1) is 22.7 Å². The molecule has 2 N–H and O–H groups in total. The first-order valence-electron chi connectivity index (χ1n) is 7.17. The van der Waals surface area contributed by atoms with E-state index in [4.69, 9.17) is 4.74 Å². The monoisotopic (exact) mass is 338 g/mol. The van der Waals surface area contributed by atoms with Crippen LogP contribution in [-0.4, -0.2) is 41.4 Å². The van der Waals surface area contributed by atoms with E-state index in [1.807, 2.05) is 24.4 Å². The highest BCUT2D eigenvalue weighted by molar-refractivity contribution is 7.22. The number of rotatable bonds is 4. The number of ether oxygens (including phenoxy) is 1. The number of hydrogen-bond acceptors (Lipinski definition) is 6. The fourth-order valence-corrected chi connectivity index (χ4v) is 4.15. The number of carbonyl (C=O) groups excluding carboxylic acids is 1. The fourth-order valence-electron chi connectivity index (χ4n) is 2.37. The predicted molar refractivity (Wildman–Crippen MR) is 87.5 cm³/mol. The smallest absolute Gasteiger partial charge is 0.263 e. The van der Waals surface area contributed by atoms with E-state index in [1.54, 1.807) is 11.3 Å². The van der Waals surface area contributed by atoms with E-state index in [-0.39, 0.29) is 12.5 Å². The number of thiazole rings is 1. The summed E-state index contributed by atoms with van der Waals surface area (Å²) in [5.74, 6) is -0.169. The maximum Gasteiger partial charge on any atom is 0.263 e. The summed E-state index contributed by atoms with van der Waals surface area (Å²) in [7, 11) is 0. The van der Waals surface area contributed by atoms with Crippen LogP contribution in [0.25, 0.3) is 9.88 Å². The molecule has 0 radical (unpaired) electrons. The Morgan fingerprint density at radius 3 is 2.95 bits per heavy atom. The van der Waals surface area contributed by atoms with Crippen LogP contribution in [0.5, 0.6) is 0 Å². The van der Waals surface area contributed by atoms with Crippen LogP contribution in [-0.2, 0) is 4.74 Å². The molecule has 118 valence electrons. The Kier molecular flexibility index (Phi) is 4.58. The molecule has 0 atom stereocenters. The minimum Gasteiger partial charge on any atom is -0.388 e. The number of carbonyl (C=O) groups is 1. The molecule has 22 heavy (non-hydrogen) atoms. The maximum atomic E-state index is 12.4. The van der Waals surface area contributed by atoms with Gasteiger partial charge >= 0.3 is 0 Å². The van der Waals surface area contributed by atoms with Crippen LogP contribution in [0.15, 0.2) is 17.5 Å². The lowest BCUT2D eigenvalue weighted by Crippen LogP contribution is -2.46. The van der Waals surface area contributed by atoms with E-state index in [1.165, 1.54) is 11.3 Å². The molecular weight excluding hydrogens is 320 g/mol. The molecule has 5 nitrogen and oxygen atoms in total. The summed E-state index contributed by atoms with van der Waals surface area (Å²) in [6.07, 6.45) is 1.10. The van der Waals surface area contributed by atoms with E-state index in [0.717, 1.165) is 15.6 Å². The first kappa shape index (κ1) is 15.6. The van der Waals surface area contributed by atoms with Gasteiger partial charge in [0, 0.05) is 32.6 Å². The van der Waals surface area contributed by atoms with Crippen molar-refractivity contribution in [3.05, 3.63) is 28.1 Å². The van der Waals surface area contributed by atoms with Gasteiger partial charge < -0.3 is 15.2 Å². The summed E-state index contributed by atoms with van der Waals surface area (Å²) in [4.78, 5) is 18.5. The van der Waals surface area contributed by atoms with Crippen molar-refractivity contribution in [1.82, 2.24) is 10.3 Å². The molecule has 7 heteroatoms. The molecule has 1 saturated heterocycles. The van der Waals surface area contributed by atoms with Gasteiger partial charge in [-0.25, -0.2) is 4.98 Å². The Bertz CT molecular complexity index is 646. The summed E-state index contributed by atoms with van der Waals surface area (Å²) in [5.41, 5.74) is -0.131. The fraction of sp³-hybridized carbons (Fsp3) is 0.467. The molecule has 2 aromatic rings. The number of nitrogens with one attached hydrogen (secondary N) is 1. The third-order valence-corrected chi connectivity index (χ3v) is 5.93. The Labute approximate surface area is 137 Å². The van der Waals surface area contributed by atoms with Crippen LogP contribution >= 0.6 is 22.7 Å². The molecule has 0 aromatic carbocycles. The molecule has 1 aliphatic rings. The Morgan fingerprint density at radius 1 is 1.50 bits per heavy atom. The van der Waals surface area contributed by atoms with Crippen molar-refractivity contribution in [1.29, 1.82) is 0 Å². The average molecular weight is 338 g/mol. The van der Waals surface area contributed by atoms with Crippen molar-refractivity contribution in [2.45, 2.75) is 25.4 Å². The van der Waals surface area contributed by atoms with Gasteiger partial charge in [-0.3, -0.25) is 4.79 Å². The molecule has 0 spiro atoms. The standard InChI is InChI=1S/C15H18N2O3S2/c1-10-12(22-14(17-10)11-3-2-8-21-11)13(18)16-9-15(19)4-6-20-7-5-15/h2-3,8,19H,4-7,9H2,1H3,(H,16,18). The number of amides is 1. The molecule has 0 aliphatic carbocycles. The van der Waals surface area contributed by atoms with Crippen LogP contribution in [0.2, 0.25) is 0 Å².